The number of imidazole rings is 1. The van der Waals surface area contributed by atoms with E-state index in [0.717, 1.165) is 12.4 Å². The number of hydrogen-bond acceptors (Lipinski definition) is 2. The molecule has 0 spiro atoms. The summed E-state index contributed by atoms with van der Waals surface area (Å²) < 4.78 is 0. The number of benzene rings is 1. The Kier molecular flexibility index (Phi) is 1.56. The summed E-state index contributed by atoms with van der Waals surface area (Å²) >= 11 is 0. The molecule has 1 aliphatic rings. The molecule has 0 amide bonds. The lowest BCUT2D eigenvalue weighted by molar-refractivity contribution is 0.831. The van der Waals surface area contributed by atoms with E-state index in [1.807, 2.05) is 6.20 Å². The van der Waals surface area contributed by atoms with Gasteiger partial charge in [0.1, 0.15) is 5.82 Å². The molecule has 1 atom stereocenters. The molecule has 0 fully saturated rings. The molecule has 2 aromatic rings. The van der Waals surface area contributed by atoms with E-state index < -0.39 is 0 Å². The van der Waals surface area contributed by atoms with Crippen molar-refractivity contribution in [2.24, 2.45) is 0 Å². The average molecular weight is 185 g/mol. The van der Waals surface area contributed by atoms with E-state index >= 15 is 0 Å². The maximum absolute atomic E-state index is 4.30. The third-order valence-electron chi connectivity index (χ3n) is 2.68. The molecule has 2 N–H and O–H groups in total. The normalized spacial score (nSPS) is 19.0. The molecule has 14 heavy (non-hydrogen) atoms. The predicted molar refractivity (Wildman–Crippen MR) is 55.4 cm³/mol. The predicted octanol–water partition coefficient (Wildman–Crippen LogP) is 1.97. The molecule has 0 radical (unpaired) electrons. The third kappa shape index (κ3) is 1.02. The topological polar surface area (TPSA) is 40.7 Å². The smallest absolute Gasteiger partial charge is 0.115 e. The van der Waals surface area contributed by atoms with Gasteiger partial charge < -0.3 is 10.3 Å². The Morgan fingerprint density at radius 3 is 3.07 bits per heavy atom. The van der Waals surface area contributed by atoms with Crippen molar-refractivity contribution < 1.29 is 0 Å². The van der Waals surface area contributed by atoms with Crippen molar-refractivity contribution in [1.82, 2.24) is 9.97 Å². The van der Waals surface area contributed by atoms with Crippen molar-refractivity contribution in [2.75, 3.05) is 11.9 Å². The van der Waals surface area contributed by atoms with Crippen LogP contribution in [-0.2, 0) is 0 Å². The fourth-order valence-electron chi connectivity index (χ4n) is 2.00. The summed E-state index contributed by atoms with van der Waals surface area (Å²) in [6.07, 6.45) is 3.67. The summed E-state index contributed by atoms with van der Waals surface area (Å²) in [5.41, 5.74) is 2.57. The lowest BCUT2D eigenvalue weighted by Gasteiger charge is -2.05. The first-order chi connectivity index (χ1) is 6.95. The van der Waals surface area contributed by atoms with E-state index in [-0.39, 0.29) is 0 Å². The molecular formula is C11H11N3. The molecule has 0 bridgehead atoms. The van der Waals surface area contributed by atoms with Crippen LogP contribution < -0.4 is 5.32 Å². The van der Waals surface area contributed by atoms with Crippen molar-refractivity contribution in [3.05, 3.63) is 48.0 Å². The van der Waals surface area contributed by atoms with Gasteiger partial charge >= 0.3 is 0 Å². The van der Waals surface area contributed by atoms with Gasteiger partial charge in [-0.25, -0.2) is 4.98 Å². The highest BCUT2D eigenvalue weighted by atomic mass is 15.0. The molecule has 1 aromatic heterocycles. The molecule has 0 saturated carbocycles. The summed E-state index contributed by atoms with van der Waals surface area (Å²) in [6, 6.07) is 8.39. The SMILES string of the molecule is c1ccc2c(c1)NCC2c1ncc[nH]1. The largest absolute Gasteiger partial charge is 0.384 e. The van der Waals surface area contributed by atoms with Crippen LogP contribution in [0.5, 0.6) is 0 Å². The van der Waals surface area contributed by atoms with Crippen LogP contribution in [-0.4, -0.2) is 16.5 Å². The highest BCUT2D eigenvalue weighted by Crippen LogP contribution is 2.33. The summed E-state index contributed by atoms with van der Waals surface area (Å²) in [7, 11) is 0. The number of aromatic nitrogens is 2. The summed E-state index contributed by atoms with van der Waals surface area (Å²) in [5, 5.41) is 3.38. The molecule has 0 aliphatic carbocycles. The molecule has 3 rings (SSSR count). The van der Waals surface area contributed by atoms with Crippen molar-refractivity contribution in [3.8, 4) is 0 Å². The van der Waals surface area contributed by atoms with Gasteiger partial charge in [0.05, 0.1) is 5.92 Å². The van der Waals surface area contributed by atoms with E-state index in [4.69, 9.17) is 0 Å². The Bertz CT molecular complexity index is 434. The van der Waals surface area contributed by atoms with Crippen LogP contribution in [0.1, 0.15) is 17.3 Å². The minimum atomic E-state index is 0.376. The Balaban J connectivity index is 2.06. The van der Waals surface area contributed by atoms with E-state index in [1.54, 1.807) is 6.20 Å². The van der Waals surface area contributed by atoms with Gasteiger partial charge in [0.2, 0.25) is 0 Å². The van der Waals surface area contributed by atoms with Crippen molar-refractivity contribution in [3.63, 3.8) is 0 Å². The second kappa shape index (κ2) is 2.87. The van der Waals surface area contributed by atoms with E-state index in [1.165, 1.54) is 11.3 Å². The van der Waals surface area contributed by atoms with E-state index in [0.29, 0.717) is 5.92 Å². The maximum atomic E-state index is 4.30. The van der Waals surface area contributed by atoms with Crippen molar-refractivity contribution in [2.45, 2.75) is 5.92 Å². The first-order valence-electron chi connectivity index (χ1n) is 4.77. The van der Waals surface area contributed by atoms with Gasteiger partial charge in [-0.2, -0.15) is 0 Å². The van der Waals surface area contributed by atoms with Crippen molar-refractivity contribution in [1.29, 1.82) is 0 Å². The number of fused-ring (bicyclic) bond motifs is 1. The van der Waals surface area contributed by atoms with Crippen LogP contribution in [0, 0.1) is 0 Å². The van der Waals surface area contributed by atoms with Gasteiger partial charge in [-0.15, -0.1) is 0 Å². The minimum Gasteiger partial charge on any atom is -0.384 e. The quantitative estimate of drug-likeness (QED) is 0.713. The molecule has 1 unspecified atom stereocenters. The fourth-order valence-corrected chi connectivity index (χ4v) is 2.00. The Morgan fingerprint density at radius 2 is 2.21 bits per heavy atom. The molecule has 3 heteroatoms. The summed E-state index contributed by atoms with van der Waals surface area (Å²) in [6.45, 7) is 0.937. The number of aromatic amines is 1. The van der Waals surface area contributed by atoms with Gasteiger partial charge in [-0.1, -0.05) is 18.2 Å². The van der Waals surface area contributed by atoms with E-state index in [2.05, 4.69) is 39.6 Å². The number of para-hydroxylation sites is 1. The van der Waals surface area contributed by atoms with Crippen LogP contribution in [0.25, 0.3) is 0 Å². The number of anilines is 1. The molecule has 2 heterocycles. The van der Waals surface area contributed by atoms with E-state index in [9.17, 15) is 0 Å². The summed E-state index contributed by atoms with van der Waals surface area (Å²) in [4.78, 5) is 7.47. The number of nitrogens with one attached hydrogen (secondary N) is 2. The third-order valence-corrected chi connectivity index (χ3v) is 2.68. The molecule has 1 aliphatic heterocycles. The highest BCUT2D eigenvalue weighted by molar-refractivity contribution is 5.59. The Labute approximate surface area is 82.2 Å². The van der Waals surface area contributed by atoms with Gasteiger partial charge in [0.15, 0.2) is 0 Å². The molecule has 0 saturated heterocycles. The lowest BCUT2D eigenvalue weighted by atomic mass is 10.0. The lowest BCUT2D eigenvalue weighted by Crippen LogP contribution is -2.05. The molecule has 1 aromatic carbocycles. The first kappa shape index (κ1) is 7.62. The zero-order chi connectivity index (χ0) is 9.38. The zero-order valence-electron chi connectivity index (χ0n) is 7.70. The van der Waals surface area contributed by atoms with Crippen LogP contribution in [0.4, 0.5) is 5.69 Å². The molecule has 3 nitrogen and oxygen atoms in total. The Hall–Kier alpha value is -1.77. The number of H-pyrrole nitrogens is 1. The summed E-state index contributed by atoms with van der Waals surface area (Å²) in [5.74, 6) is 1.42. The molecule has 70 valence electrons. The monoisotopic (exact) mass is 185 g/mol. The maximum Gasteiger partial charge on any atom is 0.115 e. The van der Waals surface area contributed by atoms with Gasteiger partial charge in [0, 0.05) is 24.6 Å². The fraction of sp³-hybridized carbons (Fsp3) is 0.182. The van der Waals surface area contributed by atoms with Crippen LogP contribution in [0.15, 0.2) is 36.7 Å². The van der Waals surface area contributed by atoms with Crippen LogP contribution >= 0.6 is 0 Å². The minimum absolute atomic E-state index is 0.376. The average Bonchev–Trinajstić information content (AvgIpc) is 2.85. The van der Waals surface area contributed by atoms with Crippen LogP contribution in [0.2, 0.25) is 0 Å². The number of nitrogens with zero attached hydrogens (tertiary/aromatic N) is 1. The van der Waals surface area contributed by atoms with Gasteiger partial charge in [0.25, 0.3) is 0 Å². The number of rotatable bonds is 1. The second-order valence-electron chi connectivity index (χ2n) is 3.50. The Morgan fingerprint density at radius 1 is 1.29 bits per heavy atom. The zero-order valence-corrected chi connectivity index (χ0v) is 7.70. The van der Waals surface area contributed by atoms with Gasteiger partial charge in [-0.05, 0) is 11.6 Å². The standard InChI is InChI=1S/C11H11N3/c1-2-4-10-8(3-1)9(7-14-10)11-12-5-6-13-11/h1-6,9,14H,7H2,(H,12,13). The highest BCUT2D eigenvalue weighted by Gasteiger charge is 2.24. The number of hydrogen-bond donors (Lipinski definition) is 2. The van der Waals surface area contributed by atoms with Crippen molar-refractivity contribution >= 4 is 5.69 Å². The van der Waals surface area contributed by atoms with Crippen LogP contribution in [0.3, 0.4) is 0 Å². The first-order valence-corrected chi connectivity index (χ1v) is 4.77. The second-order valence-corrected chi connectivity index (χ2v) is 3.50. The molecular weight excluding hydrogens is 174 g/mol. The van der Waals surface area contributed by atoms with Gasteiger partial charge in [-0.3, -0.25) is 0 Å².